The molecule has 0 radical (unpaired) electrons. The van der Waals surface area contributed by atoms with E-state index in [0.29, 0.717) is 54.2 Å². The van der Waals surface area contributed by atoms with Crippen LogP contribution in [0.1, 0.15) is 34.6 Å². The van der Waals surface area contributed by atoms with E-state index in [1.165, 1.54) is 15.7 Å². The Morgan fingerprint density at radius 1 is 1.06 bits per heavy atom. The van der Waals surface area contributed by atoms with Gasteiger partial charge in [-0.3, -0.25) is 9.36 Å². The summed E-state index contributed by atoms with van der Waals surface area (Å²) in [4.78, 5) is 35.9. The van der Waals surface area contributed by atoms with Gasteiger partial charge in [0, 0.05) is 50.1 Å². The summed E-state index contributed by atoms with van der Waals surface area (Å²) in [6.45, 7) is 2.98. The Hall–Kier alpha value is -3.39. The number of likely N-dealkylation sites (tertiary alicyclic amines) is 1. The normalized spacial score (nSPS) is 20.4. The van der Waals surface area contributed by atoms with Crippen molar-refractivity contribution >= 4 is 0 Å². The first kappa shape index (κ1) is 21.2. The molecule has 6 rings (SSSR count). The summed E-state index contributed by atoms with van der Waals surface area (Å²) >= 11 is 0. The maximum Gasteiger partial charge on any atom is 0.328 e. The topological polar surface area (TPSA) is 89.4 Å². The lowest BCUT2D eigenvalue weighted by atomic mass is 9.77. The van der Waals surface area contributed by atoms with Gasteiger partial charge in [0.15, 0.2) is 0 Å². The minimum atomic E-state index is -0.382. The number of hydrogen-bond donors (Lipinski definition) is 1. The molecule has 2 atom stereocenters. The van der Waals surface area contributed by atoms with Gasteiger partial charge in [0.05, 0.1) is 25.6 Å². The van der Waals surface area contributed by atoms with E-state index in [2.05, 4.69) is 27.0 Å². The molecule has 0 unspecified atom stereocenters. The van der Waals surface area contributed by atoms with Gasteiger partial charge in [0.25, 0.3) is 5.56 Å². The van der Waals surface area contributed by atoms with Gasteiger partial charge in [-0.1, -0.05) is 18.2 Å². The van der Waals surface area contributed by atoms with Gasteiger partial charge in [-0.25, -0.2) is 9.78 Å². The molecule has 1 N–H and O–H groups in total. The van der Waals surface area contributed by atoms with E-state index < -0.39 is 0 Å². The van der Waals surface area contributed by atoms with Crippen molar-refractivity contribution in [2.45, 2.75) is 31.7 Å². The Balaban J connectivity index is 1.22. The molecule has 8 heteroatoms. The largest absolute Gasteiger partial charge is 0.496 e. The van der Waals surface area contributed by atoms with E-state index in [9.17, 15) is 9.59 Å². The monoisotopic (exact) mass is 460 g/mol. The first-order valence-corrected chi connectivity index (χ1v) is 11.9. The van der Waals surface area contributed by atoms with Crippen molar-refractivity contribution in [1.29, 1.82) is 0 Å². The lowest BCUT2D eigenvalue weighted by molar-refractivity contribution is 0.302. The Kier molecular flexibility index (Phi) is 5.06. The van der Waals surface area contributed by atoms with Crippen LogP contribution < -0.4 is 20.7 Å². The average Bonchev–Trinajstić information content (AvgIpc) is 3.44. The van der Waals surface area contributed by atoms with Gasteiger partial charge in [0.2, 0.25) is 5.88 Å². The van der Waals surface area contributed by atoms with Crippen LogP contribution in [0.25, 0.3) is 11.4 Å². The van der Waals surface area contributed by atoms with Gasteiger partial charge >= 0.3 is 5.69 Å². The number of nitrogens with one attached hydrogen (secondary N) is 1. The molecule has 2 aliphatic carbocycles. The molecule has 0 spiro atoms. The van der Waals surface area contributed by atoms with Crippen LogP contribution in [0.15, 0.2) is 39.9 Å². The zero-order chi connectivity index (χ0) is 23.4. The fourth-order valence-electron chi connectivity index (χ4n) is 6.06. The Morgan fingerprint density at radius 2 is 1.94 bits per heavy atom. The van der Waals surface area contributed by atoms with E-state index in [0.717, 1.165) is 37.2 Å². The maximum atomic E-state index is 13.2. The molecule has 0 amide bonds. The molecule has 8 nitrogen and oxygen atoms in total. The second kappa shape index (κ2) is 8.13. The van der Waals surface area contributed by atoms with Crippen LogP contribution in [0.4, 0.5) is 0 Å². The number of pyridine rings is 1. The molecule has 2 aromatic heterocycles. The molecule has 3 aliphatic rings. The quantitative estimate of drug-likeness (QED) is 0.491. The molecule has 1 aliphatic heterocycles. The third kappa shape index (κ3) is 3.27. The van der Waals surface area contributed by atoms with Gasteiger partial charge < -0.3 is 19.4 Å². The smallest absolute Gasteiger partial charge is 0.328 e. The van der Waals surface area contributed by atoms with E-state index in [-0.39, 0.29) is 11.2 Å². The van der Waals surface area contributed by atoms with Crippen molar-refractivity contribution in [1.82, 2.24) is 19.4 Å². The number of methoxy groups -OCH3 is 2. The van der Waals surface area contributed by atoms with E-state index in [1.54, 1.807) is 20.3 Å². The molecule has 0 saturated carbocycles. The number of fused-ring (bicyclic) bond motifs is 6. The highest BCUT2D eigenvalue weighted by molar-refractivity contribution is 5.69. The van der Waals surface area contributed by atoms with Crippen molar-refractivity contribution in [3.63, 3.8) is 0 Å². The first-order valence-electron chi connectivity index (χ1n) is 11.9. The Morgan fingerprint density at radius 3 is 2.76 bits per heavy atom. The second-order valence-electron chi connectivity index (χ2n) is 9.47. The van der Waals surface area contributed by atoms with E-state index >= 15 is 0 Å². The van der Waals surface area contributed by atoms with Crippen LogP contribution in [0.3, 0.4) is 0 Å². The third-order valence-corrected chi connectivity index (χ3v) is 7.76. The molecular weight excluding hydrogens is 432 g/mol. The van der Waals surface area contributed by atoms with Gasteiger partial charge in [-0.15, -0.1) is 0 Å². The number of H-pyrrole nitrogens is 1. The fourth-order valence-corrected chi connectivity index (χ4v) is 6.06. The predicted molar refractivity (Wildman–Crippen MR) is 128 cm³/mol. The Labute approximate surface area is 197 Å². The predicted octanol–water partition coefficient (Wildman–Crippen LogP) is 2.18. The number of hydrogen-bond acceptors (Lipinski definition) is 6. The summed E-state index contributed by atoms with van der Waals surface area (Å²) in [6, 6.07) is 10.0. The SMILES string of the molecule is COc1ccc2c(n1)-c1[nH]c(=O)n(CCN3C[C@@H]4CCc5c(OC)cccc5[C@@H]4C3)c(=O)c1C2. The summed E-state index contributed by atoms with van der Waals surface area (Å²) in [7, 11) is 3.29. The highest BCUT2D eigenvalue weighted by Gasteiger charge is 2.38. The minimum Gasteiger partial charge on any atom is -0.496 e. The lowest BCUT2D eigenvalue weighted by Crippen LogP contribution is -2.40. The highest BCUT2D eigenvalue weighted by Crippen LogP contribution is 2.44. The summed E-state index contributed by atoms with van der Waals surface area (Å²) in [6.07, 6.45) is 2.66. The second-order valence-corrected chi connectivity index (χ2v) is 9.47. The zero-order valence-electron chi connectivity index (χ0n) is 19.5. The van der Waals surface area contributed by atoms with Crippen molar-refractivity contribution in [2.75, 3.05) is 33.9 Å². The zero-order valence-corrected chi connectivity index (χ0v) is 19.5. The number of nitrogens with zero attached hydrogens (tertiary/aromatic N) is 3. The summed E-state index contributed by atoms with van der Waals surface area (Å²) in [5, 5.41) is 0. The van der Waals surface area contributed by atoms with Crippen molar-refractivity contribution in [3.05, 3.63) is 73.4 Å². The fraction of sp³-hybridized carbons (Fsp3) is 0.423. The Bertz CT molecular complexity index is 1390. The third-order valence-electron chi connectivity index (χ3n) is 7.76. The van der Waals surface area contributed by atoms with Crippen molar-refractivity contribution in [3.8, 4) is 23.0 Å². The molecule has 3 aromatic rings. The number of rotatable bonds is 5. The highest BCUT2D eigenvalue weighted by atomic mass is 16.5. The van der Waals surface area contributed by atoms with Gasteiger partial charge in [0.1, 0.15) is 5.75 Å². The van der Waals surface area contributed by atoms with Gasteiger partial charge in [-0.2, -0.15) is 0 Å². The molecular formula is C26H28N4O4. The summed E-state index contributed by atoms with van der Waals surface area (Å²) in [5.41, 5.74) is 4.82. The van der Waals surface area contributed by atoms with Crippen LogP contribution in [0.2, 0.25) is 0 Å². The molecule has 1 aromatic carbocycles. The van der Waals surface area contributed by atoms with Crippen LogP contribution in [0, 0.1) is 5.92 Å². The summed E-state index contributed by atoms with van der Waals surface area (Å²) < 4.78 is 12.1. The average molecular weight is 461 g/mol. The van der Waals surface area contributed by atoms with Crippen LogP contribution in [0.5, 0.6) is 11.6 Å². The maximum absolute atomic E-state index is 13.2. The molecule has 176 valence electrons. The first-order chi connectivity index (χ1) is 16.6. The summed E-state index contributed by atoms with van der Waals surface area (Å²) in [5.74, 6) is 2.53. The standard InChI is InChI=1S/C26H28N4O4/c1-33-21-5-3-4-17-18(21)8-6-16-13-29(14-20(16)17)10-11-30-25(31)19-12-15-7-9-22(34-2)27-23(15)24(19)28-26(30)32/h3-5,7,9,16,20H,6,8,10-14H2,1-2H3,(H,28,32)/t16-,20+/m0/s1. The number of aromatic amines is 1. The molecule has 34 heavy (non-hydrogen) atoms. The molecule has 1 fully saturated rings. The number of aromatic nitrogens is 3. The van der Waals surface area contributed by atoms with Crippen LogP contribution >= 0.6 is 0 Å². The molecule has 1 saturated heterocycles. The van der Waals surface area contributed by atoms with Gasteiger partial charge in [-0.05, 0) is 41.5 Å². The molecule has 0 bridgehead atoms. The number of benzene rings is 1. The van der Waals surface area contributed by atoms with Crippen molar-refractivity contribution < 1.29 is 9.47 Å². The lowest BCUT2D eigenvalue weighted by Gasteiger charge is -2.28. The molecule has 3 heterocycles. The van der Waals surface area contributed by atoms with Crippen LogP contribution in [-0.2, 0) is 19.4 Å². The van der Waals surface area contributed by atoms with E-state index in [1.807, 2.05) is 12.1 Å². The number of ether oxygens (including phenoxy) is 2. The minimum absolute atomic E-state index is 0.220. The van der Waals surface area contributed by atoms with E-state index in [4.69, 9.17) is 9.47 Å². The van der Waals surface area contributed by atoms with Crippen LogP contribution in [-0.4, -0.2) is 53.3 Å². The van der Waals surface area contributed by atoms with Crippen molar-refractivity contribution in [2.24, 2.45) is 5.92 Å².